The number of carbonyl (C=O) groups is 1. The van der Waals surface area contributed by atoms with Crippen LogP contribution < -0.4 is 4.72 Å². The highest BCUT2D eigenvalue weighted by atomic mass is 32.2. The number of carbonyl (C=O) groups excluding carboxylic acids is 1. The van der Waals surface area contributed by atoms with Crippen LogP contribution in [0.4, 0.5) is 0 Å². The first-order valence-corrected chi connectivity index (χ1v) is 6.19. The lowest BCUT2D eigenvalue weighted by molar-refractivity contribution is -0.124. The molecule has 1 heterocycles. The Bertz CT molecular complexity index is 313. The molecule has 82 valence electrons. The van der Waals surface area contributed by atoms with Crippen molar-refractivity contribution >= 4 is 16.0 Å². The van der Waals surface area contributed by atoms with Gasteiger partial charge in [0.05, 0.1) is 0 Å². The Morgan fingerprint density at radius 1 is 1.57 bits per heavy atom. The zero-order valence-electron chi connectivity index (χ0n) is 8.49. The molecule has 0 aromatic carbocycles. The van der Waals surface area contributed by atoms with E-state index in [1.54, 1.807) is 13.8 Å². The molecule has 0 radical (unpaired) electrons. The minimum Gasteiger partial charge on any atom is -0.299 e. The lowest BCUT2D eigenvalue weighted by Gasteiger charge is -2.28. The van der Waals surface area contributed by atoms with Gasteiger partial charge in [0.2, 0.25) is 0 Å². The average molecular weight is 220 g/mol. The quantitative estimate of drug-likeness (QED) is 0.713. The van der Waals surface area contributed by atoms with Crippen molar-refractivity contribution < 1.29 is 13.2 Å². The SMILES string of the molecule is CCNS(=O)(=O)N1CCC(=O)C(C)C1. The third-order valence-corrected chi connectivity index (χ3v) is 3.97. The fourth-order valence-electron chi connectivity index (χ4n) is 1.47. The first-order chi connectivity index (χ1) is 6.47. The van der Waals surface area contributed by atoms with E-state index in [0.717, 1.165) is 0 Å². The summed E-state index contributed by atoms with van der Waals surface area (Å²) >= 11 is 0. The molecule has 1 unspecified atom stereocenters. The molecular formula is C8H16N2O3S. The minimum absolute atomic E-state index is 0.146. The zero-order chi connectivity index (χ0) is 10.8. The molecule has 1 atom stereocenters. The molecule has 1 fully saturated rings. The van der Waals surface area contributed by atoms with Crippen LogP contribution in [0, 0.1) is 5.92 Å². The van der Waals surface area contributed by atoms with Crippen LogP contribution in [0.1, 0.15) is 20.3 Å². The molecule has 5 nitrogen and oxygen atoms in total. The van der Waals surface area contributed by atoms with Gasteiger partial charge in [-0.2, -0.15) is 12.7 Å². The van der Waals surface area contributed by atoms with E-state index in [0.29, 0.717) is 26.1 Å². The van der Waals surface area contributed by atoms with Crippen LogP contribution in [0.15, 0.2) is 0 Å². The Labute approximate surface area is 84.7 Å². The van der Waals surface area contributed by atoms with Gasteiger partial charge in [0.15, 0.2) is 0 Å². The van der Waals surface area contributed by atoms with E-state index >= 15 is 0 Å². The maximum absolute atomic E-state index is 11.5. The smallest absolute Gasteiger partial charge is 0.279 e. The molecule has 0 saturated carbocycles. The number of hydrogen-bond acceptors (Lipinski definition) is 3. The fourth-order valence-corrected chi connectivity index (χ4v) is 2.77. The first-order valence-electron chi connectivity index (χ1n) is 4.75. The lowest BCUT2D eigenvalue weighted by atomic mass is 10.0. The molecule has 0 aromatic heterocycles. The third kappa shape index (κ3) is 2.52. The Morgan fingerprint density at radius 3 is 2.71 bits per heavy atom. The van der Waals surface area contributed by atoms with E-state index in [2.05, 4.69) is 4.72 Å². The summed E-state index contributed by atoms with van der Waals surface area (Å²) in [6.45, 7) is 4.47. The highest BCUT2D eigenvalue weighted by Gasteiger charge is 2.30. The van der Waals surface area contributed by atoms with Gasteiger partial charge in [0, 0.05) is 32.0 Å². The number of hydrogen-bond donors (Lipinski definition) is 1. The van der Waals surface area contributed by atoms with Crippen molar-refractivity contribution in [3.8, 4) is 0 Å². The summed E-state index contributed by atoms with van der Waals surface area (Å²) in [6.07, 6.45) is 0.325. The van der Waals surface area contributed by atoms with Crippen molar-refractivity contribution in [1.82, 2.24) is 9.03 Å². The predicted molar refractivity (Wildman–Crippen MR) is 53.0 cm³/mol. The highest BCUT2D eigenvalue weighted by molar-refractivity contribution is 7.87. The molecule has 0 bridgehead atoms. The van der Waals surface area contributed by atoms with Gasteiger partial charge in [-0.25, -0.2) is 4.72 Å². The highest BCUT2D eigenvalue weighted by Crippen LogP contribution is 2.14. The van der Waals surface area contributed by atoms with Crippen LogP contribution in [0.25, 0.3) is 0 Å². The molecule has 0 aromatic rings. The Morgan fingerprint density at radius 2 is 2.21 bits per heavy atom. The summed E-state index contributed by atoms with van der Waals surface area (Å²) in [5, 5.41) is 0. The molecule has 14 heavy (non-hydrogen) atoms. The van der Waals surface area contributed by atoms with Crippen molar-refractivity contribution in [2.45, 2.75) is 20.3 Å². The van der Waals surface area contributed by atoms with E-state index in [4.69, 9.17) is 0 Å². The molecule has 1 saturated heterocycles. The molecule has 6 heteroatoms. The van der Waals surface area contributed by atoms with Gasteiger partial charge in [-0.3, -0.25) is 4.79 Å². The summed E-state index contributed by atoms with van der Waals surface area (Å²) in [5.74, 6) is -0.0369. The summed E-state index contributed by atoms with van der Waals surface area (Å²) in [7, 11) is -3.36. The average Bonchev–Trinajstić information content (AvgIpc) is 2.09. The van der Waals surface area contributed by atoms with E-state index in [9.17, 15) is 13.2 Å². The number of nitrogens with one attached hydrogen (secondary N) is 1. The number of nitrogens with zero attached hydrogens (tertiary/aromatic N) is 1. The second-order valence-corrected chi connectivity index (χ2v) is 5.23. The Hall–Kier alpha value is -0.460. The van der Waals surface area contributed by atoms with Crippen LogP contribution in [0.5, 0.6) is 0 Å². The molecule has 1 aliphatic heterocycles. The summed E-state index contributed by atoms with van der Waals surface area (Å²) in [4.78, 5) is 11.2. The second kappa shape index (κ2) is 4.37. The van der Waals surface area contributed by atoms with Crippen LogP contribution in [0.3, 0.4) is 0 Å². The normalized spacial score (nSPS) is 25.3. The lowest BCUT2D eigenvalue weighted by Crippen LogP contribution is -2.47. The topological polar surface area (TPSA) is 66.5 Å². The molecule has 1 N–H and O–H groups in total. The first kappa shape index (κ1) is 11.6. The monoisotopic (exact) mass is 220 g/mol. The van der Waals surface area contributed by atoms with Crippen LogP contribution in [-0.4, -0.2) is 38.1 Å². The maximum Gasteiger partial charge on any atom is 0.279 e. The van der Waals surface area contributed by atoms with Gasteiger partial charge >= 0.3 is 0 Å². The number of piperidine rings is 1. The standard InChI is InChI=1S/C8H16N2O3S/c1-3-9-14(12,13)10-5-4-8(11)7(2)6-10/h7,9H,3-6H2,1-2H3. The van der Waals surface area contributed by atoms with Gasteiger partial charge in [0.1, 0.15) is 5.78 Å². The van der Waals surface area contributed by atoms with Crippen LogP contribution >= 0.6 is 0 Å². The minimum atomic E-state index is -3.36. The molecule has 0 spiro atoms. The molecular weight excluding hydrogens is 204 g/mol. The van der Waals surface area contributed by atoms with E-state index in [-0.39, 0.29) is 11.7 Å². The molecule has 0 aliphatic carbocycles. The van der Waals surface area contributed by atoms with Crippen molar-refractivity contribution in [1.29, 1.82) is 0 Å². The van der Waals surface area contributed by atoms with Gasteiger partial charge in [0.25, 0.3) is 10.2 Å². The van der Waals surface area contributed by atoms with Crippen LogP contribution in [-0.2, 0) is 15.0 Å². The Balaban J connectivity index is 2.67. The predicted octanol–water partition coefficient (Wildman–Crippen LogP) is -0.248. The van der Waals surface area contributed by atoms with E-state index in [1.165, 1.54) is 4.31 Å². The second-order valence-electron chi connectivity index (χ2n) is 3.48. The summed E-state index contributed by atoms with van der Waals surface area (Å²) in [5.41, 5.74) is 0. The van der Waals surface area contributed by atoms with Gasteiger partial charge in [-0.15, -0.1) is 0 Å². The van der Waals surface area contributed by atoms with Crippen LogP contribution in [0.2, 0.25) is 0 Å². The molecule has 1 rings (SSSR count). The van der Waals surface area contributed by atoms with Gasteiger partial charge in [-0.05, 0) is 0 Å². The van der Waals surface area contributed by atoms with Gasteiger partial charge < -0.3 is 0 Å². The van der Waals surface area contributed by atoms with Crippen molar-refractivity contribution in [2.24, 2.45) is 5.92 Å². The van der Waals surface area contributed by atoms with Crippen molar-refractivity contribution in [2.75, 3.05) is 19.6 Å². The van der Waals surface area contributed by atoms with Gasteiger partial charge in [-0.1, -0.05) is 13.8 Å². The molecule has 0 amide bonds. The van der Waals surface area contributed by atoms with Crippen molar-refractivity contribution in [3.63, 3.8) is 0 Å². The summed E-state index contributed by atoms with van der Waals surface area (Å²) in [6, 6.07) is 0. The van der Waals surface area contributed by atoms with E-state index < -0.39 is 10.2 Å². The largest absolute Gasteiger partial charge is 0.299 e. The third-order valence-electron chi connectivity index (χ3n) is 2.30. The maximum atomic E-state index is 11.5. The zero-order valence-corrected chi connectivity index (χ0v) is 9.30. The summed E-state index contributed by atoms with van der Waals surface area (Å²) < 4.78 is 26.8. The van der Waals surface area contributed by atoms with Crippen molar-refractivity contribution in [3.05, 3.63) is 0 Å². The molecule has 1 aliphatic rings. The Kier molecular flexibility index (Phi) is 3.63. The number of rotatable bonds is 3. The van der Waals surface area contributed by atoms with E-state index in [1.807, 2.05) is 0 Å². The number of Topliss-reactive ketones (excluding diaryl/α,β-unsaturated/α-hetero) is 1. The fraction of sp³-hybridized carbons (Fsp3) is 0.875. The number of ketones is 1.